The van der Waals surface area contributed by atoms with E-state index >= 15 is 0 Å². The third kappa shape index (κ3) is 8.69. The van der Waals surface area contributed by atoms with E-state index in [1.807, 2.05) is 24.3 Å². The van der Waals surface area contributed by atoms with Crippen LogP contribution in [0.5, 0.6) is 11.5 Å². The van der Waals surface area contributed by atoms with E-state index in [0.717, 1.165) is 69.1 Å². The summed E-state index contributed by atoms with van der Waals surface area (Å²) in [6.07, 6.45) is 11.0. The van der Waals surface area contributed by atoms with E-state index in [0.29, 0.717) is 48.0 Å². The van der Waals surface area contributed by atoms with Gasteiger partial charge in [-0.05, 0) is 147 Å². The Morgan fingerprint density at radius 3 is 2.19 bits per heavy atom. The number of hydrogen-bond donors (Lipinski definition) is 3. The number of phenolic OH excluding ortho intramolecular Hbond substituents is 1. The molecular formula is C48H57FN4O4. The van der Waals surface area contributed by atoms with Gasteiger partial charge in [0.2, 0.25) is 11.8 Å². The summed E-state index contributed by atoms with van der Waals surface area (Å²) in [4.78, 5) is 25.9. The number of benzene rings is 4. The SMILES string of the molecule is COc1cc(N2CCC3(CC2)CC(CN2CCC(c4ccc(N)cc4F)CC2)C3)ccc1C1c2ccc(O)cc2CCC1c1ccccc1.O=C1CCCC(=O)N1. The number of carbonyl (C=O) groups is 2. The van der Waals surface area contributed by atoms with Crippen LogP contribution in [0.1, 0.15) is 110 Å². The highest BCUT2D eigenvalue weighted by Gasteiger charge is 2.46. The minimum atomic E-state index is -0.145. The van der Waals surface area contributed by atoms with Crippen molar-refractivity contribution in [2.24, 2.45) is 11.3 Å². The highest BCUT2D eigenvalue weighted by atomic mass is 19.1. The Morgan fingerprint density at radius 1 is 0.825 bits per heavy atom. The van der Waals surface area contributed by atoms with Crippen LogP contribution in [-0.2, 0) is 16.0 Å². The lowest BCUT2D eigenvalue weighted by Gasteiger charge is -2.54. The van der Waals surface area contributed by atoms with Crippen LogP contribution in [0.2, 0.25) is 0 Å². The van der Waals surface area contributed by atoms with Crippen LogP contribution in [0.25, 0.3) is 0 Å². The summed E-state index contributed by atoms with van der Waals surface area (Å²) in [5.74, 6) is 2.47. The molecule has 4 aromatic carbocycles. The van der Waals surface area contributed by atoms with Crippen molar-refractivity contribution in [1.29, 1.82) is 0 Å². The number of ether oxygens (including phenoxy) is 1. The van der Waals surface area contributed by atoms with E-state index in [1.165, 1.54) is 66.2 Å². The first-order valence-corrected chi connectivity index (χ1v) is 21.1. The molecule has 3 saturated heterocycles. The topological polar surface area (TPSA) is 108 Å². The number of aryl methyl sites for hydroxylation is 1. The first-order chi connectivity index (χ1) is 27.7. The summed E-state index contributed by atoms with van der Waals surface area (Å²) in [6, 6.07) is 28.9. The van der Waals surface area contributed by atoms with Crippen LogP contribution in [0.4, 0.5) is 15.8 Å². The second kappa shape index (κ2) is 16.9. The predicted molar refractivity (Wildman–Crippen MR) is 223 cm³/mol. The number of methoxy groups -OCH3 is 1. The number of phenols is 1. The van der Waals surface area contributed by atoms with E-state index in [4.69, 9.17) is 10.5 Å². The lowest BCUT2D eigenvalue weighted by Crippen LogP contribution is -2.50. The number of rotatable bonds is 7. The zero-order chi connectivity index (χ0) is 39.5. The molecule has 3 aliphatic heterocycles. The van der Waals surface area contributed by atoms with Gasteiger partial charge in [0.15, 0.2) is 0 Å². The van der Waals surface area contributed by atoms with Crippen molar-refractivity contribution in [3.05, 3.63) is 119 Å². The van der Waals surface area contributed by atoms with Gasteiger partial charge in [-0.1, -0.05) is 48.5 Å². The summed E-state index contributed by atoms with van der Waals surface area (Å²) < 4.78 is 20.7. The smallest absolute Gasteiger partial charge is 0.226 e. The molecule has 1 spiro atoms. The Bertz CT molecular complexity index is 2030. The predicted octanol–water partition coefficient (Wildman–Crippen LogP) is 8.67. The summed E-state index contributed by atoms with van der Waals surface area (Å²) in [5, 5.41) is 12.5. The molecule has 57 heavy (non-hydrogen) atoms. The van der Waals surface area contributed by atoms with Crippen molar-refractivity contribution >= 4 is 23.2 Å². The fraction of sp³-hybridized carbons (Fsp3) is 0.458. The number of hydrogen-bond acceptors (Lipinski definition) is 7. The van der Waals surface area contributed by atoms with Crippen LogP contribution >= 0.6 is 0 Å². The lowest BCUT2D eigenvalue weighted by molar-refractivity contribution is -0.132. The maximum Gasteiger partial charge on any atom is 0.226 e. The first kappa shape index (κ1) is 39.0. The molecule has 300 valence electrons. The fourth-order valence-corrected chi connectivity index (χ4v) is 10.7. The van der Waals surface area contributed by atoms with Crippen molar-refractivity contribution in [3.63, 3.8) is 0 Å². The van der Waals surface area contributed by atoms with Gasteiger partial charge in [-0.2, -0.15) is 0 Å². The maximum atomic E-state index is 14.5. The van der Waals surface area contributed by atoms with E-state index in [-0.39, 0.29) is 23.5 Å². The second-order valence-corrected chi connectivity index (χ2v) is 17.3. The number of nitrogens with one attached hydrogen (secondary N) is 1. The number of fused-ring (bicyclic) bond motifs is 1. The van der Waals surface area contributed by atoms with E-state index in [1.54, 1.807) is 7.11 Å². The molecule has 0 aromatic heterocycles. The van der Waals surface area contributed by atoms with Gasteiger partial charge in [-0.3, -0.25) is 14.9 Å². The molecule has 4 N–H and O–H groups in total. The number of likely N-dealkylation sites (tertiary alicyclic amines) is 1. The van der Waals surface area contributed by atoms with Gasteiger partial charge < -0.3 is 25.4 Å². The average Bonchev–Trinajstić information content (AvgIpc) is 3.21. The molecule has 0 bridgehead atoms. The van der Waals surface area contributed by atoms with Crippen molar-refractivity contribution in [1.82, 2.24) is 10.2 Å². The molecule has 9 heteroatoms. The van der Waals surface area contributed by atoms with Crippen LogP contribution in [-0.4, -0.2) is 61.7 Å². The molecule has 1 saturated carbocycles. The third-order valence-electron chi connectivity index (χ3n) is 13.7. The molecule has 2 atom stereocenters. The first-order valence-electron chi connectivity index (χ1n) is 21.1. The van der Waals surface area contributed by atoms with Crippen molar-refractivity contribution in [3.8, 4) is 11.5 Å². The Morgan fingerprint density at radius 2 is 1.53 bits per heavy atom. The standard InChI is InChI=1S/C43H50FN3O2.C5H7NO2/c1-49-41-25-34(9-13-39(41)42-37(30-5-3-2-4-6-30)11-7-32-23-35(48)10-14-38(32)42)47-21-17-43(18-22-47)26-29(27-43)28-46-19-15-31(16-20-46)36-12-8-33(45)24-40(36)44;7-4-2-1-3-5(8)6-4/h2-6,8-10,12-14,23-25,29,31,37,42,48H,7,11,15-22,26-28,45H2,1H3;1-3H2,(H,6,7,8). The van der Waals surface area contributed by atoms with Crippen molar-refractivity contribution in [2.45, 2.75) is 88.4 Å². The third-order valence-corrected chi connectivity index (χ3v) is 13.7. The monoisotopic (exact) mass is 772 g/mol. The number of nitrogens with zero attached hydrogens (tertiary/aromatic N) is 2. The molecule has 2 aliphatic carbocycles. The number of aromatic hydroxyl groups is 1. The number of carbonyl (C=O) groups excluding carboxylic acids is 2. The van der Waals surface area contributed by atoms with E-state index in [9.17, 15) is 19.1 Å². The largest absolute Gasteiger partial charge is 0.508 e. The molecule has 2 unspecified atom stereocenters. The summed E-state index contributed by atoms with van der Waals surface area (Å²) in [7, 11) is 1.80. The van der Waals surface area contributed by atoms with Gasteiger partial charge in [-0.15, -0.1) is 0 Å². The molecule has 8 nitrogen and oxygen atoms in total. The summed E-state index contributed by atoms with van der Waals surface area (Å²) >= 11 is 0. The van der Waals surface area contributed by atoms with E-state index in [2.05, 4.69) is 69.7 Å². The Balaban J connectivity index is 0.000000509. The number of nitrogens with two attached hydrogens (primary N) is 1. The summed E-state index contributed by atoms with van der Waals surface area (Å²) in [5.41, 5.74) is 14.0. The molecule has 3 heterocycles. The number of imide groups is 1. The van der Waals surface area contributed by atoms with Crippen LogP contribution in [0.3, 0.4) is 0 Å². The Kier molecular flexibility index (Phi) is 11.6. The number of halogens is 1. The molecule has 5 aliphatic rings. The quantitative estimate of drug-likeness (QED) is 0.128. The van der Waals surface area contributed by atoms with Crippen LogP contribution in [0, 0.1) is 17.2 Å². The fourth-order valence-electron chi connectivity index (χ4n) is 10.7. The van der Waals surface area contributed by atoms with Crippen molar-refractivity contribution in [2.75, 3.05) is 50.5 Å². The second-order valence-electron chi connectivity index (χ2n) is 17.3. The zero-order valence-electron chi connectivity index (χ0n) is 33.2. The summed E-state index contributed by atoms with van der Waals surface area (Å²) in [6.45, 7) is 5.49. The van der Waals surface area contributed by atoms with Gasteiger partial charge in [-0.25, -0.2) is 4.39 Å². The molecule has 0 radical (unpaired) electrons. The van der Waals surface area contributed by atoms with Crippen LogP contribution < -0.4 is 20.7 Å². The minimum absolute atomic E-state index is 0.138. The number of nitrogen functional groups attached to an aromatic ring is 1. The highest BCUT2D eigenvalue weighted by molar-refractivity contribution is 5.97. The van der Waals surface area contributed by atoms with Crippen LogP contribution in [0.15, 0.2) is 84.9 Å². The number of anilines is 2. The zero-order valence-corrected chi connectivity index (χ0v) is 33.2. The maximum absolute atomic E-state index is 14.5. The number of piperidine rings is 3. The van der Waals surface area contributed by atoms with Gasteiger partial charge in [0.05, 0.1) is 7.11 Å². The van der Waals surface area contributed by atoms with Gasteiger partial charge in [0, 0.05) is 61.4 Å². The average molecular weight is 773 g/mol. The molecule has 4 fully saturated rings. The van der Waals surface area contributed by atoms with Crippen molar-refractivity contribution < 1.29 is 23.8 Å². The Labute approximate surface area is 336 Å². The molecule has 9 rings (SSSR count). The molecular weight excluding hydrogens is 716 g/mol. The highest BCUT2D eigenvalue weighted by Crippen LogP contribution is 2.54. The minimum Gasteiger partial charge on any atom is -0.508 e. The normalized spacial score (nSPS) is 22.5. The number of amides is 2. The molecule has 2 amide bonds. The van der Waals surface area contributed by atoms with E-state index < -0.39 is 0 Å². The molecule has 4 aromatic rings. The lowest BCUT2D eigenvalue weighted by atomic mass is 9.57. The Hall–Kier alpha value is -4.89. The van der Waals surface area contributed by atoms with Gasteiger partial charge >= 0.3 is 0 Å². The van der Waals surface area contributed by atoms with Gasteiger partial charge in [0.25, 0.3) is 0 Å². The van der Waals surface area contributed by atoms with Gasteiger partial charge in [0.1, 0.15) is 17.3 Å².